The van der Waals surface area contributed by atoms with Gasteiger partial charge in [-0.2, -0.15) is 4.98 Å². The van der Waals surface area contributed by atoms with Gasteiger partial charge in [-0.3, -0.25) is 4.79 Å². The maximum Gasteiger partial charge on any atom is 0.254 e. The SMILES string of the molecule is COc1cccc(-c2noc(CN(C)C(=O)c3ccc(OC(C)C)cc3)n2)c1. The van der Waals surface area contributed by atoms with Crippen LogP contribution in [0, 0.1) is 0 Å². The van der Waals surface area contributed by atoms with E-state index >= 15 is 0 Å². The normalized spacial score (nSPS) is 10.8. The Morgan fingerprint density at radius 2 is 1.89 bits per heavy atom. The highest BCUT2D eigenvalue weighted by atomic mass is 16.5. The quantitative estimate of drug-likeness (QED) is 0.619. The number of hydrogen-bond donors (Lipinski definition) is 0. The number of rotatable bonds is 7. The van der Waals surface area contributed by atoms with Gasteiger partial charge in [-0.1, -0.05) is 17.3 Å². The van der Waals surface area contributed by atoms with Gasteiger partial charge in [-0.25, -0.2) is 0 Å². The summed E-state index contributed by atoms with van der Waals surface area (Å²) in [4.78, 5) is 18.5. The number of ether oxygens (including phenoxy) is 2. The van der Waals surface area contributed by atoms with Crippen molar-refractivity contribution in [2.24, 2.45) is 0 Å². The molecule has 7 heteroatoms. The largest absolute Gasteiger partial charge is 0.497 e. The molecule has 1 amide bonds. The molecule has 0 fully saturated rings. The van der Waals surface area contributed by atoms with E-state index in [1.165, 1.54) is 4.90 Å². The van der Waals surface area contributed by atoms with Gasteiger partial charge in [0.2, 0.25) is 11.7 Å². The number of methoxy groups -OCH3 is 1. The molecule has 0 radical (unpaired) electrons. The first kappa shape index (κ1) is 19.4. The minimum atomic E-state index is -0.141. The molecule has 3 aromatic rings. The van der Waals surface area contributed by atoms with Crippen LogP contribution in [0.5, 0.6) is 11.5 Å². The highest BCUT2D eigenvalue weighted by molar-refractivity contribution is 5.94. The summed E-state index contributed by atoms with van der Waals surface area (Å²) in [6.07, 6.45) is 0.0838. The monoisotopic (exact) mass is 381 g/mol. The number of aromatic nitrogens is 2. The molecule has 0 saturated heterocycles. The first-order valence-corrected chi connectivity index (χ1v) is 8.95. The van der Waals surface area contributed by atoms with Gasteiger partial charge in [0.1, 0.15) is 11.5 Å². The summed E-state index contributed by atoms with van der Waals surface area (Å²) >= 11 is 0. The first-order valence-electron chi connectivity index (χ1n) is 8.95. The summed E-state index contributed by atoms with van der Waals surface area (Å²) in [6.45, 7) is 4.12. The molecule has 1 aromatic heterocycles. The van der Waals surface area contributed by atoms with E-state index in [1.54, 1.807) is 38.4 Å². The molecule has 3 rings (SSSR count). The van der Waals surface area contributed by atoms with Crippen LogP contribution >= 0.6 is 0 Å². The number of amides is 1. The molecule has 7 nitrogen and oxygen atoms in total. The van der Waals surface area contributed by atoms with Crippen LogP contribution in [0.1, 0.15) is 30.1 Å². The Labute approximate surface area is 163 Å². The number of benzene rings is 2. The fraction of sp³-hybridized carbons (Fsp3) is 0.286. The summed E-state index contributed by atoms with van der Waals surface area (Å²) in [5.74, 6) is 2.10. The fourth-order valence-electron chi connectivity index (χ4n) is 2.64. The third-order valence-corrected chi connectivity index (χ3v) is 3.99. The van der Waals surface area contributed by atoms with Gasteiger partial charge in [0.15, 0.2) is 0 Å². The zero-order valence-electron chi connectivity index (χ0n) is 16.4. The Hall–Kier alpha value is -3.35. The Morgan fingerprint density at radius 1 is 1.14 bits per heavy atom. The van der Waals surface area contributed by atoms with Crippen LogP contribution in [-0.4, -0.2) is 41.2 Å². The maximum atomic E-state index is 12.6. The zero-order chi connectivity index (χ0) is 20.1. The summed E-state index contributed by atoms with van der Waals surface area (Å²) in [6, 6.07) is 14.4. The Bertz CT molecular complexity index is 935. The molecule has 1 heterocycles. The number of hydrogen-bond acceptors (Lipinski definition) is 6. The second-order valence-electron chi connectivity index (χ2n) is 6.60. The van der Waals surface area contributed by atoms with E-state index in [9.17, 15) is 4.79 Å². The summed E-state index contributed by atoms with van der Waals surface area (Å²) < 4.78 is 16.1. The second kappa shape index (κ2) is 8.56. The lowest BCUT2D eigenvalue weighted by Crippen LogP contribution is -2.26. The molecular formula is C21H23N3O4. The van der Waals surface area contributed by atoms with E-state index in [4.69, 9.17) is 14.0 Å². The second-order valence-corrected chi connectivity index (χ2v) is 6.60. The number of carbonyl (C=O) groups is 1. The summed E-state index contributed by atoms with van der Waals surface area (Å²) in [5.41, 5.74) is 1.34. The highest BCUT2D eigenvalue weighted by Gasteiger charge is 2.16. The maximum absolute atomic E-state index is 12.6. The average Bonchev–Trinajstić information content (AvgIpc) is 3.16. The zero-order valence-corrected chi connectivity index (χ0v) is 16.4. The Balaban J connectivity index is 1.66. The van der Waals surface area contributed by atoms with Crippen molar-refractivity contribution < 1.29 is 18.8 Å². The summed E-state index contributed by atoms with van der Waals surface area (Å²) in [5, 5.41) is 3.99. The fourth-order valence-corrected chi connectivity index (χ4v) is 2.64. The predicted molar refractivity (Wildman–Crippen MR) is 104 cm³/mol. The van der Waals surface area contributed by atoms with Crippen LogP contribution in [-0.2, 0) is 6.54 Å². The van der Waals surface area contributed by atoms with Crippen LogP contribution in [0.4, 0.5) is 0 Å². The first-order chi connectivity index (χ1) is 13.5. The van der Waals surface area contributed by atoms with E-state index in [0.717, 1.165) is 11.3 Å². The van der Waals surface area contributed by atoms with E-state index < -0.39 is 0 Å². The van der Waals surface area contributed by atoms with Crippen molar-refractivity contribution >= 4 is 5.91 Å². The van der Waals surface area contributed by atoms with Crippen molar-refractivity contribution in [3.63, 3.8) is 0 Å². The molecule has 0 N–H and O–H groups in total. The van der Waals surface area contributed by atoms with Crippen LogP contribution < -0.4 is 9.47 Å². The van der Waals surface area contributed by atoms with Gasteiger partial charge >= 0.3 is 0 Å². The number of carbonyl (C=O) groups excluding carboxylic acids is 1. The molecule has 2 aromatic carbocycles. The van der Waals surface area contributed by atoms with E-state index in [1.807, 2.05) is 38.1 Å². The molecule has 146 valence electrons. The van der Waals surface area contributed by atoms with Crippen molar-refractivity contribution in [2.45, 2.75) is 26.5 Å². The number of nitrogens with zero attached hydrogens (tertiary/aromatic N) is 3. The molecule has 28 heavy (non-hydrogen) atoms. The Morgan fingerprint density at radius 3 is 2.57 bits per heavy atom. The van der Waals surface area contributed by atoms with Gasteiger partial charge in [-0.15, -0.1) is 0 Å². The standard InChI is InChI=1S/C21H23N3O4/c1-14(2)27-17-10-8-15(9-11-17)21(25)24(3)13-19-22-20(23-28-19)16-6-5-7-18(12-16)26-4/h5-12,14H,13H2,1-4H3. The highest BCUT2D eigenvalue weighted by Crippen LogP contribution is 2.22. The molecule has 0 bridgehead atoms. The molecule has 0 atom stereocenters. The smallest absolute Gasteiger partial charge is 0.254 e. The lowest BCUT2D eigenvalue weighted by molar-refractivity contribution is 0.0769. The minimum Gasteiger partial charge on any atom is -0.497 e. The summed E-state index contributed by atoms with van der Waals surface area (Å²) in [7, 11) is 3.29. The van der Waals surface area contributed by atoms with Crippen molar-refractivity contribution in [2.75, 3.05) is 14.2 Å². The molecule has 0 spiro atoms. The van der Waals surface area contributed by atoms with E-state index in [0.29, 0.717) is 23.0 Å². The van der Waals surface area contributed by atoms with Crippen molar-refractivity contribution in [3.8, 4) is 22.9 Å². The van der Waals surface area contributed by atoms with Gasteiger partial charge < -0.3 is 18.9 Å². The van der Waals surface area contributed by atoms with Crippen molar-refractivity contribution in [1.82, 2.24) is 15.0 Å². The third-order valence-electron chi connectivity index (χ3n) is 3.99. The van der Waals surface area contributed by atoms with Gasteiger partial charge in [0, 0.05) is 18.2 Å². The van der Waals surface area contributed by atoms with Crippen molar-refractivity contribution in [3.05, 3.63) is 60.0 Å². The molecule has 0 unspecified atom stereocenters. The molecule has 0 aliphatic carbocycles. The molecular weight excluding hydrogens is 358 g/mol. The van der Waals surface area contributed by atoms with E-state index in [2.05, 4.69) is 10.1 Å². The van der Waals surface area contributed by atoms with Gasteiger partial charge in [-0.05, 0) is 50.2 Å². The molecule has 0 aliphatic rings. The van der Waals surface area contributed by atoms with Crippen LogP contribution in [0.15, 0.2) is 53.1 Å². The van der Waals surface area contributed by atoms with Crippen LogP contribution in [0.3, 0.4) is 0 Å². The van der Waals surface area contributed by atoms with Crippen molar-refractivity contribution in [1.29, 1.82) is 0 Å². The average molecular weight is 381 g/mol. The third kappa shape index (κ3) is 4.68. The minimum absolute atomic E-state index is 0.0838. The Kier molecular flexibility index (Phi) is 5.93. The lowest BCUT2D eigenvalue weighted by atomic mass is 10.2. The van der Waals surface area contributed by atoms with E-state index in [-0.39, 0.29) is 18.6 Å². The topological polar surface area (TPSA) is 77.7 Å². The molecule has 0 aliphatic heterocycles. The predicted octanol–water partition coefficient (Wildman–Crippen LogP) is 3.80. The van der Waals surface area contributed by atoms with Gasteiger partial charge in [0.05, 0.1) is 19.8 Å². The molecule has 0 saturated carbocycles. The van der Waals surface area contributed by atoms with Gasteiger partial charge in [0.25, 0.3) is 5.91 Å². The van der Waals surface area contributed by atoms with Crippen LogP contribution in [0.2, 0.25) is 0 Å². The lowest BCUT2D eigenvalue weighted by Gasteiger charge is -2.15. The van der Waals surface area contributed by atoms with Crippen LogP contribution in [0.25, 0.3) is 11.4 Å².